The maximum absolute atomic E-state index is 12.2. The van der Waals surface area contributed by atoms with Crippen LogP contribution >= 0.6 is 0 Å². The Kier molecular flexibility index (Phi) is 8.86. The fraction of sp³-hybridized carbons (Fsp3) is 0.462. The number of carbonyl (C=O) groups excluding carboxylic acids is 1. The molecule has 7 nitrogen and oxygen atoms in total. The first-order valence-corrected chi connectivity index (χ1v) is 11.7. The van der Waals surface area contributed by atoms with Crippen molar-refractivity contribution in [3.05, 3.63) is 65.2 Å². The fourth-order valence-corrected chi connectivity index (χ4v) is 4.84. The summed E-state index contributed by atoms with van der Waals surface area (Å²) in [7, 11) is 1.73. The number of amides is 2. The van der Waals surface area contributed by atoms with E-state index >= 15 is 0 Å². The van der Waals surface area contributed by atoms with Crippen molar-refractivity contribution in [2.75, 3.05) is 31.7 Å². The molecule has 2 aromatic carbocycles. The summed E-state index contributed by atoms with van der Waals surface area (Å²) in [5, 5.41) is 13.0. The third kappa shape index (κ3) is 6.33. The molecule has 0 radical (unpaired) electrons. The zero-order valence-corrected chi connectivity index (χ0v) is 19.4. The third-order valence-corrected chi connectivity index (χ3v) is 6.50. The van der Waals surface area contributed by atoms with E-state index in [1.165, 1.54) is 28.2 Å². The van der Waals surface area contributed by atoms with E-state index in [0.29, 0.717) is 12.2 Å². The summed E-state index contributed by atoms with van der Waals surface area (Å²) in [6.45, 7) is 2.14. The maximum atomic E-state index is 12.2. The Morgan fingerprint density at radius 2 is 1.88 bits per heavy atom. The summed E-state index contributed by atoms with van der Waals surface area (Å²) in [5.74, 6) is -0.998. The van der Waals surface area contributed by atoms with Crippen molar-refractivity contribution in [1.29, 1.82) is 0 Å². The van der Waals surface area contributed by atoms with Gasteiger partial charge in [-0.15, -0.1) is 0 Å². The number of nitrogens with two attached hydrogens (primary N) is 1. The number of methoxy groups -OCH3 is 1. The van der Waals surface area contributed by atoms with E-state index in [0.717, 1.165) is 58.1 Å². The molecule has 0 fully saturated rings. The van der Waals surface area contributed by atoms with E-state index in [-0.39, 0.29) is 11.1 Å². The van der Waals surface area contributed by atoms with E-state index in [1.54, 1.807) is 19.2 Å². The van der Waals surface area contributed by atoms with Gasteiger partial charge in [0.2, 0.25) is 0 Å². The van der Waals surface area contributed by atoms with Crippen LogP contribution in [0.5, 0.6) is 0 Å². The molecule has 0 saturated heterocycles. The average molecular weight is 454 g/mol. The minimum atomic E-state index is -0.998. The molecule has 0 aliphatic heterocycles. The van der Waals surface area contributed by atoms with E-state index in [2.05, 4.69) is 29.6 Å². The lowest BCUT2D eigenvalue weighted by Crippen LogP contribution is -2.46. The van der Waals surface area contributed by atoms with Crippen LogP contribution in [0.25, 0.3) is 0 Å². The van der Waals surface area contributed by atoms with Crippen LogP contribution in [-0.2, 0) is 16.7 Å². The molecular weight excluding hydrogens is 418 g/mol. The number of nitrogens with one attached hydrogen (secondary N) is 1. The number of anilines is 1. The smallest absolute Gasteiger partial charge is 0.335 e. The number of hydrogen-bond acceptors (Lipinski definition) is 4. The molecule has 1 atom stereocenters. The van der Waals surface area contributed by atoms with Gasteiger partial charge in [0.15, 0.2) is 0 Å². The van der Waals surface area contributed by atoms with Crippen LogP contribution in [0.1, 0.15) is 60.0 Å². The minimum absolute atomic E-state index is 0.127. The summed E-state index contributed by atoms with van der Waals surface area (Å²) in [5.41, 5.74) is 9.08. The van der Waals surface area contributed by atoms with Crippen LogP contribution in [-0.4, -0.2) is 43.9 Å². The van der Waals surface area contributed by atoms with Gasteiger partial charge in [-0.25, -0.2) is 9.59 Å². The van der Waals surface area contributed by atoms with Crippen molar-refractivity contribution in [3.63, 3.8) is 0 Å². The second-order valence-corrected chi connectivity index (χ2v) is 8.66. The highest BCUT2D eigenvalue weighted by atomic mass is 16.5. The van der Waals surface area contributed by atoms with Gasteiger partial charge in [0.1, 0.15) is 0 Å². The topological polar surface area (TPSA) is 105 Å². The summed E-state index contributed by atoms with van der Waals surface area (Å²) >= 11 is 0. The SMILES string of the molecule is COCCCCNC1(CCCN(C(N)=O)c2ccc(C(=O)O)cc2)CCCc2ccccc21. The number of aromatic carboxylic acids is 1. The third-order valence-electron chi connectivity index (χ3n) is 6.50. The first kappa shape index (κ1) is 24.7. The number of ether oxygens (including phenoxy) is 1. The first-order valence-electron chi connectivity index (χ1n) is 11.7. The first-order chi connectivity index (χ1) is 16.0. The van der Waals surface area contributed by atoms with Gasteiger partial charge in [-0.1, -0.05) is 24.3 Å². The van der Waals surface area contributed by atoms with Crippen LogP contribution in [0, 0.1) is 0 Å². The normalized spacial score (nSPS) is 17.4. The zero-order chi connectivity index (χ0) is 23.7. The highest BCUT2D eigenvalue weighted by molar-refractivity contribution is 5.92. The number of fused-ring (bicyclic) bond motifs is 1. The molecule has 7 heteroatoms. The highest BCUT2D eigenvalue weighted by Crippen LogP contribution is 2.39. The molecule has 1 aliphatic rings. The molecular formula is C26H35N3O4. The Hall–Kier alpha value is -2.90. The molecule has 1 unspecified atom stereocenters. The van der Waals surface area contributed by atoms with Crippen LogP contribution in [0.3, 0.4) is 0 Å². The van der Waals surface area contributed by atoms with Crippen LogP contribution in [0.15, 0.2) is 48.5 Å². The molecule has 0 aromatic heterocycles. The Bertz CT molecular complexity index is 931. The minimum Gasteiger partial charge on any atom is -0.478 e. The molecule has 2 aromatic rings. The largest absolute Gasteiger partial charge is 0.478 e. The molecule has 33 heavy (non-hydrogen) atoms. The number of primary amides is 1. The Balaban J connectivity index is 1.72. The predicted octanol–water partition coefficient (Wildman–Crippen LogP) is 4.30. The molecule has 0 spiro atoms. The van der Waals surface area contributed by atoms with Crippen molar-refractivity contribution in [1.82, 2.24) is 5.32 Å². The van der Waals surface area contributed by atoms with Gasteiger partial charge in [-0.05, 0) is 86.9 Å². The number of aryl methyl sites for hydroxylation is 1. The Morgan fingerprint density at radius 3 is 2.58 bits per heavy atom. The van der Waals surface area contributed by atoms with Crippen molar-refractivity contribution >= 4 is 17.7 Å². The van der Waals surface area contributed by atoms with Gasteiger partial charge in [0.05, 0.1) is 5.56 Å². The second kappa shape index (κ2) is 11.8. The number of carbonyl (C=O) groups is 2. The number of carboxylic acid groups (broad SMARTS) is 1. The standard InChI is InChI=1S/C26H35N3O4/c1-33-19-5-4-17-28-26(15-6-9-20-8-2-3-10-23(20)26)16-7-18-29(25(27)32)22-13-11-21(12-14-22)24(30)31/h2-3,8,10-14,28H,4-7,9,15-19H2,1H3,(H2,27,32)(H,30,31). The summed E-state index contributed by atoms with van der Waals surface area (Å²) in [6, 6.07) is 14.4. The Labute approximate surface area is 195 Å². The number of rotatable bonds is 12. The number of carboxylic acids is 1. The number of benzene rings is 2. The van der Waals surface area contributed by atoms with Crippen molar-refractivity contribution in [2.24, 2.45) is 5.73 Å². The number of unbranched alkanes of at least 4 members (excludes halogenated alkanes) is 1. The Morgan fingerprint density at radius 1 is 1.12 bits per heavy atom. The summed E-state index contributed by atoms with van der Waals surface area (Å²) < 4.78 is 5.18. The van der Waals surface area contributed by atoms with Gasteiger partial charge in [0, 0.05) is 31.5 Å². The van der Waals surface area contributed by atoms with E-state index in [1.807, 2.05) is 0 Å². The zero-order valence-electron chi connectivity index (χ0n) is 19.4. The summed E-state index contributed by atoms with van der Waals surface area (Å²) in [4.78, 5) is 24.8. The number of urea groups is 1. The van der Waals surface area contributed by atoms with E-state index in [4.69, 9.17) is 15.6 Å². The molecule has 0 saturated carbocycles. The van der Waals surface area contributed by atoms with Crippen LogP contribution in [0.4, 0.5) is 10.5 Å². The van der Waals surface area contributed by atoms with Crippen LogP contribution < -0.4 is 16.0 Å². The highest BCUT2D eigenvalue weighted by Gasteiger charge is 2.35. The molecule has 0 heterocycles. The van der Waals surface area contributed by atoms with Gasteiger partial charge in [-0.2, -0.15) is 0 Å². The molecule has 2 amide bonds. The molecule has 178 valence electrons. The quantitative estimate of drug-likeness (QED) is 0.416. The van der Waals surface area contributed by atoms with Crippen molar-refractivity contribution in [2.45, 2.75) is 50.5 Å². The van der Waals surface area contributed by atoms with Crippen molar-refractivity contribution < 1.29 is 19.4 Å². The lowest BCUT2D eigenvalue weighted by molar-refractivity contribution is 0.0697. The molecule has 4 N–H and O–H groups in total. The van der Waals surface area contributed by atoms with Crippen LogP contribution in [0.2, 0.25) is 0 Å². The fourth-order valence-electron chi connectivity index (χ4n) is 4.84. The van der Waals surface area contributed by atoms with E-state index < -0.39 is 12.0 Å². The van der Waals surface area contributed by atoms with Gasteiger partial charge >= 0.3 is 12.0 Å². The monoisotopic (exact) mass is 453 g/mol. The van der Waals surface area contributed by atoms with Gasteiger partial charge < -0.3 is 20.9 Å². The second-order valence-electron chi connectivity index (χ2n) is 8.66. The summed E-state index contributed by atoms with van der Waals surface area (Å²) in [6.07, 6.45) is 6.97. The molecule has 0 bridgehead atoms. The molecule has 3 rings (SSSR count). The maximum Gasteiger partial charge on any atom is 0.335 e. The van der Waals surface area contributed by atoms with Gasteiger partial charge in [0.25, 0.3) is 0 Å². The van der Waals surface area contributed by atoms with Gasteiger partial charge in [-0.3, -0.25) is 4.90 Å². The molecule has 1 aliphatic carbocycles. The number of nitrogens with zero attached hydrogens (tertiary/aromatic N) is 1. The predicted molar refractivity (Wildman–Crippen MR) is 130 cm³/mol. The number of hydrogen-bond donors (Lipinski definition) is 3. The van der Waals surface area contributed by atoms with E-state index in [9.17, 15) is 9.59 Å². The average Bonchev–Trinajstić information content (AvgIpc) is 2.82. The lowest BCUT2D eigenvalue weighted by atomic mass is 9.73. The lowest BCUT2D eigenvalue weighted by Gasteiger charge is -2.41. The van der Waals surface area contributed by atoms with Crippen molar-refractivity contribution in [3.8, 4) is 0 Å².